The number of hydrogen-bond donors (Lipinski definition) is 2. The maximum absolute atomic E-state index is 12.2. The Labute approximate surface area is 123 Å². The molecule has 1 aromatic carbocycles. The molecule has 1 aliphatic carbocycles. The van der Waals surface area contributed by atoms with E-state index in [0.29, 0.717) is 22.8 Å². The van der Waals surface area contributed by atoms with E-state index in [-0.39, 0.29) is 17.2 Å². The molecule has 2 aromatic rings. The number of aromatic nitrogens is 2. The fourth-order valence-corrected chi connectivity index (χ4v) is 3.22. The molecule has 2 N–H and O–H groups in total. The van der Waals surface area contributed by atoms with E-state index in [1.54, 1.807) is 18.2 Å². The minimum atomic E-state index is -0.166. The Hall–Kier alpha value is -1.88. The second kappa shape index (κ2) is 5.48. The van der Waals surface area contributed by atoms with Crippen molar-refractivity contribution < 1.29 is 5.11 Å². The van der Waals surface area contributed by atoms with E-state index >= 15 is 0 Å². The monoisotopic (exact) mass is 287 g/mol. The number of phenolic OH excluding ortho intramolecular Hbond substituents is 1. The smallest absolute Gasteiger partial charge is 0.258 e. The van der Waals surface area contributed by atoms with Crippen LogP contribution in [0.15, 0.2) is 23.0 Å². The number of benzene rings is 1. The molecule has 0 radical (unpaired) electrons. The summed E-state index contributed by atoms with van der Waals surface area (Å²) >= 11 is 0. The van der Waals surface area contributed by atoms with E-state index in [2.05, 4.69) is 29.0 Å². The maximum atomic E-state index is 12.2. The minimum Gasteiger partial charge on any atom is -0.506 e. The molecule has 1 fully saturated rings. The normalized spacial score (nSPS) is 22.8. The molecule has 21 heavy (non-hydrogen) atoms. The van der Waals surface area contributed by atoms with Gasteiger partial charge in [0.15, 0.2) is 0 Å². The predicted molar refractivity (Wildman–Crippen MR) is 82.7 cm³/mol. The molecule has 0 atom stereocenters. The summed E-state index contributed by atoms with van der Waals surface area (Å²) in [5.74, 6) is 1.06. The molecule has 0 bridgehead atoms. The molecule has 0 aliphatic heterocycles. The number of rotatable bonds is 2. The number of phenols is 1. The van der Waals surface area contributed by atoms with Gasteiger partial charge in [-0.15, -0.1) is 0 Å². The lowest BCUT2D eigenvalue weighted by Gasteiger charge is -2.32. The van der Waals surface area contributed by atoms with Crippen LogP contribution in [0.4, 0.5) is 0 Å². The molecule has 1 aliphatic rings. The van der Waals surface area contributed by atoms with Crippen LogP contribution in [0.25, 0.3) is 10.9 Å². The first kappa shape index (κ1) is 14.1. The summed E-state index contributed by atoms with van der Waals surface area (Å²) in [6.07, 6.45) is 4.26. The topological polar surface area (TPSA) is 69.2 Å². The van der Waals surface area contributed by atoms with Crippen LogP contribution in [-0.2, 0) is 0 Å². The number of hydrogen-bond acceptors (Lipinski definition) is 4. The summed E-state index contributed by atoms with van der Waals surface area (Å²) in [7, 11) is 4.22. The minimum absolute atomic E-state index is 0.0711. The first-order valence-corrected chi connectivity index (χ1v) is 7.44. The number of fused-ring (bicyclic) bond motifs is 1. The van der Waals surface area contributed by atoms with Crippen molar-refractivity contribution in [2.24, 2.45) is 0 Å². The molecule has 0 spiro atoms. The van der Waals surface area contributed by atoms with Gasteiger partial charge >= 0.3 is 0 Å². The molecule has 112 valence electrons. The van der Waals surface area contributed by atoms with Gasteiger partial charge in [-0.25, -0.2) is 4.98 Å². The van der Waals surface area contributed by atoms with Crippen LogP contribution in [0.1, 0.15) is 37.4 Å². The zero-order valence-corrected chi connectivity index (χ0v) is 12.5. The fourth-order valence-electron chi connectivity index (χ4n) is 3.22. The molecule has 0 amide bonds. The van der Waals surface area contributed by atoms with Gasteiger partial charge in [-0.3, -0.25) is 4.79 Å². The summed E-state index contributed by atoms with van der Waals surface area (Å²) in [4.78, 5) is 21.8. The second-order valence-electron chi connectivity index (χ2n) is 6.09. The van der Waals surface area contributed by atoms with Gasteiger partial charge in [0.2, 0.25) is 0 Å². The van der Waals surface area contributed by atoms with Crippen molar-refractivity contribution in [1.29, 1.82) is 0 Å². The summed E-state index contributed by atoms with van der Waals surface area (Å²) < 4.78 is 0. The molecular weight excluding hydrogens is 266 g/mol. The van der Waals surface area contributed by atoms with Gasteiger partial charge in [0.1, 0.15) is 17.1 Å². The van der Waals surface area contributed by atoms with E-state index in [4.69, 9.17) is 0 Å². The largest absolute Gasteiger partial charge is 0.506 e. The fraction of sp³-hybridized carbons (Fsp3) is 0.500. The molecule has 1 aromatic heterocycles. The van der Waals surface area contributed by atoms with Crippen molar-refractivity contribution in [3.63, 3.8) is 0 Å². The van der Waals surface area contributed by atoms with Crippen molar-refractivity contribution in [2.45, 2.75) is 37.6 Å². The molecule has 3 rings (SSSR count). The van der Waals surface area contributed by atoms with Crippen molar-refractivity contribution in [2.75, 3.05) is 14.1 Å². The van der Waals surface area contributed by atoms with E-state index in [9.17, 15) is 9.90 Å². The quantitative estimate of drug-likeness (QED) is 0.888. The van der Waals surface area contributed by atoms with E-state index in [1.165, 1.54) is 0 Å². The number of aromatic amines is 1. The third kappa shape index (κ3) is 2.65. The van der Waals surface area contributed by atoms with Crippen LogP contribution >= 0.6 is 0 Å². The van der Waals surface area contributed by atoms with Crippen molar-refractivity contribution in [3.05, 3.63) is 34.4 Å². The average molecular weight is 287 g/mol. The lowest BCUT2D eigenvalue weighted by molar-refractivity contribution is 0.214. The maximum Gasteiger partial charge on any atom is 0.258 e. The SMILES string of the molecule is CN(C)C1CCC(c2nc3c(O)cccc3c(=O)[nH]2)CC1. The number of H-pyrrole nitrogens is 1. The van der Waals surface area contributed by atoms with Crippen LogP contribution < -0.4 is 5.56 Å². The van der Waals surface area contributed by atoms with Crippen LogP contribution in [0.3, 0.4) is 0 Å². The van der Waals surface area contributed by atoms with Gasteiger partial charge in [-0.1, -0.05) is 6.07 Å². The molecular formula is C16H21N3O2. The van der Waals surface area contributed by atoms with Crippen molar-refractivity contribution in [1.82, 2.24) is 14.9 Å². The molecule has 0 saturated heterocycles. The van der Waals surface area contributed by atoms with E-state index in [0.717, 1.165) is 25.7 Å². The summed E-state index contributed by atoms with van der Waals surface area (Å²) in [6, 6.07) is 5.54. The number of nitrogens with one attached hydrogen (secondary N) is 1. The van der Waals surface area contributed by atoms with Gasteiger partial charge in [-0.2, -0.15) is 0 Å². The van der Waals surface area contributed by atoms with E-state index in [1.807, 2.05) is 0 Å². The van der Waals surface area contributed by atoms with Gasteiger partial charge in [0.25, 0.3) is 5.56 Å². The third-order valence-corrected chi connectivity index (χ3v) is 4.55. The number of aromatic hydroxyl groups is 1. The highest BCUT2D eigenvalue weighted by atomic mass is 16.3. The first-order valence-electron chi connectivity index (χ1n) is 7.44. The predicted octanol–water partition coefficient (Wildman–Crippen LogP) is 2.22. The summed E-state index contributed by atoms with van der Waals surface area (Å²) in [6.45, 7) is 0. The molecule has 5 nitrogen and oxygen atoms in total. The Bertz CT molecular complexity index is 700. The number of nitrogens with zero attached hydrogens (tertiary/aromatic N) is 2. The van der Waals surface area contributed by atoms with Gasteiger partial charge in [-0.05, 0) is 51.9 Å². The molecule has 1 saturated carbocycles. The summed E-state index contributed by atoms with van der Waals surface area (Å²) in [5.41, 5.74) is 0.242. The zero-order valence-electron chi connectivity index (χ0n) is 12.5. The van der Waals surface area contributed by atoms with Gasteiger partial charge < -0.3 is 15.0 Å². The third-order valence-electron chi connectivity index (χ3n) is 4.55. The van der Waals surface area contributed by atoms with Crippen molar-refractivity contribution >= 4 is 10.9 Å². The zero-order chi connectivity index (χ0) is 15.0. The lowest BCUT2D eigenvalue weighted by Crippen LogP contribution is -2.32. The Morgan fingerprint density at radius 3 is 2.62 bits per heavy atom. The Balaban J connectivity index is 1.92. The highest BCUT2D eigenvalue weighted by Crippen LogP contribution is 2.33. The van der Waals surface area contributed by atoms with Crippen molar-refractivity contribution in [3.8, 4) is 5.75 Å². The van der Waals surface area contributed by atoms with Crippen LogP contribution in [-0.4, -0.2) is 40.1 Å². The average Bonchev–Trinajstić information content (AvgIpc) is 2.48. The standard InChI is InChI=1S/C16H21N3O2/c1-19(2)11-8-6-10(7-9-11)15-17-14-12(16(21)18-15)4-3-5-13(14)20/h3-5,10-11,20H,6-9H2,1-2H3,(H,17,18,21). The molecule has 0 unspecified atom stereocenters. The molecule has 1 heterocycles. The second-order valence-corrected chi connectivity index (χ2v) is 6.09. The van der Waals surface area contributed by atoms with E-state index < -0.39 is 0 Å². The highest BCUT2D eigenvalue weighted by molar-refractivity contribution is 5.83. The Kier molecular flexibility index (Phi) is 3.68. The van der Waals surface area contributed by atoms with Crippen LogP contribution in [0.5, 0.6) is 5.75 Å². The van der Waals surface area contributed by atoms with Gasteiger partial charge in [0, 0.05) is 12.0 Å². The first-order chi connectivity index (χ1) is 10.1. The Morgan fingerprint density at radius 2 is 1.95 bits per heavy atom. The molecule has 5 heteroatoms. The number of para-hydroxylation sites is 1. The lowest BCUT2D eigenvalue weighted by atomic mass is 9.85. The van der Waals surface area contributed by atoms with Crippen LogP contribution in [0.2, 0.25) is 0 Å². The van der Waals surface area contributed by atoms with Gasteiger partial charge in [0.05, 0.1) is 5.39 Å². The highest BCUT2D eigenvalue weighted by Gasteiger charge is 2.25. The van der Waals surface area contributed by atoms with Crippen LogP contribution in [0, 0.1) is 0 Å². The summed E-state index contributed by atoms with van der Waals surface area (Å²) in [5, 5.41) is 10.4. The Morgan fingerprint density at radius 1 is 1.24 bits per heavy atom.